The molecule has 0 saturated carbocycles. The fourth-order valence-electron chi connectivity index (χ4n) is 0.934. The average molecular weight is 214 g/mol. The Balaban J connectivity index is 3.08. The van der Waals surface area contributed by atoms with Crippen LogP contribution in [0.5, 0.6) is 5.75 Å². The Morgan fingerprint density at radius 2 is 2.00 bits per heavy atom. The Bertz CT molecular complexity index is 448. The molecule has 0 N–H and O–H groups in total. The minimum atomic E-state index is -3.25. The zero-order valence-electron chi connectivity index (χ0n) is 7.85. The second-order valence-electron chi connectivity index (χ2n) is 2.84. The molecule has 0 radical (unpaired) electrons. The lowest BCUT2D eigenvalue weighted by molar-refractivity contribution is -0.131. The van der Waals surface area contributed by atoms with E-state index in [9.17, 15) is 13.2 Å². The van der Waals surface area contributed by atoms with Crippen LogP contribution in [0.25, 0.3) is 0 Å². The fraction of sp³-hybridized carbons (Fsp3) is 0.222. The van der Waals surface area contributed by atoms with Crippen molar-refractivity contribution in [1.29, 1.82) is 0 Å². The first-order chi connectivity index (χ1) is 6.39. The van der Waals surface area contributed by atoms with Crippen molar-refractivity contribution in [3.63, 3.8) is 0 Å². The lowest BCUT2D eigenvalue weighted by atomic mass is 10.3. The Kier molecular flexibility index (Phi) is 2.90. The van der Waals surface area contributed by atoms with Crippen molar-refractivity contribution in [2.45, 2.75) is 11.8 Å². The van der Waals surface area contributed by atoms with E-state index >= 15 is 0 Å². The smallest absolute Gasteiger partial charge is 0.308 e. The summed E-state index contributed by atoms with van der Waals surface area (Å²) < 4.78 is 27.0. The van der Waals surface area contributed by atoms with Crippen molar-refractivity contribution < 1.29 is 17.9 Å². The fourth-order valence-corrected chi connectivity index (χ4v) is 1.59. The molecule has 0 bridgehead atoms. The lowest BCUT2D eigenvalue weighted by Crippen LogP contribution is -2.03. The van der Waals surface area contributed by atoms with Gasteiger partial charge in [-0.05, 0) is 18.2 Å². The number of rotatable bonds is 2. The normalized spacial score (nSPS) is 11.0. The number of carbonyl (C=O) groups excluding carboxylic acids is 1. The molecule has 0 heterocycles. The molecule has 4 nitrogen and oxygen atoms in total. The van der Waals surface area contributed by atoms with Gasteiger partial charge in [-0.2, -0.15) is 0 Å². The SMILES string of the molecule is CC(=O)Oc1cccc(S(C)(=O)=O)c1. The minimum absolute atomic E-state index is 0.135. The van der Waals surface area contributed by atoms with Gasteiger partial charge >= 0.3 is 5.97 Å². The highest BCUT2D eigenvalue weighted by molar-refractivity contribution is 7.90. The van der Waals surface area contributed by atoms with Gasteiger partial charge < -0.3 is 4.74 Å². The molecule has 0 aromatic heterocycles. The average Bonchev–Trinajstić information content (AvgIpc) is 2.01. The molecule has 0 atom stereocenters. The van der Waals surface area contributed by atoms with Crippen molar-refractivity contribution in [1.82, 2.24) is 0 Å². The molecule has 0 saturated heterocycles. The summed E-state index contributed by atoms with van der Waals surface area (Å²) in [6, 6.07) is 5.81. The highest BCUT2D eigenvalue weighted by Crippen LogP contribution is 2.17. The molecule has 1 rings (SSSR count). The predicted molar refractivity (Wildman–Crippen MR) is 50.9 cm³/mol. The number of carbonyl (C=O) groups is 1. The quantitative estimate of drug-likeness (QED) is 0.544. The van der Waals surface area contributed by atoms with Crippen LogP contribution in [0.3, 0.4) is 0 Å². The Morgan fingerprint density at radius 1 is 1.36 bits per heavy atom. The highest BCUT2D eigenvalue weighted by Gasteiger charge is 2.08. The van der Waals surface area contributed by atoms with E-state index in [2.05, 4.69) is 0 Å². The summed E-state index contributed by atoms with van der Waals surface area (Å²) in [5.74, 6) is -0.240. The molecule has 0 spiro atoms. The van der Waals surface area contributed by atoms with Gasteiger partial charge in [0.25, 0.3) is 0 Å². The molecule has 0 aliphatic heterocycles. The van der Waals surface area contributed by atoms with E-state index in [1.54, 1.807) is 0 Å². The molecule has 0 aliphatic carbocycles. The first kappa shape index (κ1) is 10.7. The predicted octanol–water partition coefficient (Wildman–Crippen LogP) is 1.02. The summed E-state index contributed by atoms with van der Waals surface area (Å²) in [5, 5.41) is 0. The van der Waals surface area contributed by atoms with E-state index in [1.165, 1.54) is 31.2 Å². The molecule has 1 aromatic rings. The van der Waals surface area contributed by atoms with Gasteiger partial charge in [-0.1, -0.05) is 6.07 Å². The van der Waals surface area contributed by atoms with Gasteiger partial charge in [0.05, 0.1) is 4.90 Å². The summed E-state index contributed by atoms with van der Waals surface area (Å²) in [6.45, 7) is 1.26. The van der Waals surface area contributed by atoms with E-state index in [-0.39, 0.29) is 10.6 Å². The number of benzene rings is 1. The third-order valence-electron chi connectivity index (χ3n) is 1.50. The topological polar surface area (TPSA) is 60.4 Å². The molecule has 14 heavy (non-hydrogen) atoms. The van der Waals surface area contributed by atoms with Gasteiger partial charge in [0, 0.05) is 13.2 Å². The van der Waals surface area contributed by atoms with Gasteiger partial charge in [-0.3, -0.25) is 4.79 Å². The van der Waals surface area contributed by atoms with Crippen LogP contribution >= 0.6 is 0 Å². The monoisotopic (exact) mass is 214 g/mol. The van der Waals surface area contributed by atoms with E-state index in [1.807, 2.05) is 0 Å². The third kappa shape index (κ3) is 2.85. The molecule has 0 fully saturated rings. The van der Waals surface area contributed by atoms with Crippen molar-refractivity contribution in [2.24, 2.45) is 0 Å². The third-order valence-corrected chi connectivity index (χ3v) is 2.61. The van der Waals surface area contributed by atoms with Crippen LogP contribution in [0.4, 0.5) is 0 Å². The second-order valence-corrected chi connectivity index (χ2v) is 4.86. The van der Waals surface area contributed by atoms with Crippen molar-refractivity contribution in [2.75, 3.05) is 6.26 Å². The number of sulfone groups is 1. The van der Waals surface area contributed by atoms with Crippen molar-refractivity contribution in [3.8, 4) is 5.75 Å². The van der Waals surface area contributed by atoms with Gasteiger partial charge in [0.2, 0.25) is 0 Å². The Labute approximate surface area is 82.4 Å². The molecular formula is C9H10O4S. The van der Waals surface area contributed by atoms with Crippen LogP contribution in [0.2, 0.25) is 0 Å². The first-order valence-corrected chi connectivity index (χ1v) is 5.77. The number of hydrogen-bond donors (Lipinski definition) is 0. The maximum absolute atomic E-state index is 11.1. The van der Waals surface area contributed by atoms with Crippen LogP contribution in [0.1, 0.15) is 6.92 Å². The summed E-state index contributed by atoms with van der Waals surface area (Å²) in [4.78, 5) is 10.7. The van der Waals surface area contributed by atoms with E-state index in [0.29, 0.717) is 0 Å². The number of esters is 1. The molecule has 0 unspecified atom stereocenters. The summed E-state index contributed by atoms with van der Waals surface area (Å²) in [6.07, 6.45) is 1.10. The summed E-state index contributed by atoms with van der Waals surface area (Å²) in [5.41, 5.74) is 0. The van der Waals surface area contributed by atoms with Crippen LogP contribution < -0.4 is 4.74 Å². The second kappa shape index (κ2) is 3.79. The largest absolute Gasteiger partial charge is 0.427 e. The van der Waals surface area contributed by atoms with E-state index in [0.717, 1.165) is 6.26 Å². The molecule has 0 aliphatic rings. The maximum atomic E-state index is 11.1. The van der Waals surface area contributed by atoms with Crippen molar-refractivity contribution >= 4 is 15.8 Å². The molecule has 76 valence electrons. The van der Waals surface area contributed by atoms with Crippen molar-refractivity contribution in [3.05, 3.63) is 24.3 Å². The Hall–Kier alpha value is -1.36. The standard InChI is InChI=1S/C9H10O4S/c1-7(10)13-8-4-3-5-9(6-8)14(2,11)12/h3-6H,1-2H3. The lowest BCUT2D eigenvalue weighted by Gasteiger charge is -2.02. The minimum Gasteiger partial charge on any atom is -0.427 e. The van der Waals surface area contributed by atoms with Gasteiger partial charge in [-0.25, -0.2) is 8.42 Å². The maximum Gasteiger partial charge on any atom is 0.308 e. The first-order valence-electron chi connectivity index (χ1n) is 3.88. The zero-order valence-corrected chi connectivity index (χ0v) is 8.67. The molecule has 0 amide bonds. The van der Waals surface area contributed by atoms with Gasteiger partial charge in [-0.15, -0.1) is 0 Å². The number of hydrogen-bond acceptors (Lipinski definition) is 4. The highest BCUT2D eigenvalue weighted by atomic mass is 32.2. The van der Waals surface area contributed by atoms with E-state index < -0.39 is 15.8 Å². The number of ether oxygens (including phenoxy) is 1. The molecule has 5 heteroatoms. The van der Waals surface area contributed by atoms with Crippen LogP contribution in [0, 0.1) is 0 Å². The zero-order chi connectivity index (χ0) is 10.8. The van der Waals surface area contributed by atoms with E-state index in [4.69, 9.17) is 4.74 Å². The Morgan fingerprint density at radius 3 is 2.50 bits per heavy atom. The van der Waals surface area contributed by atoms with Crippen LogP contribution in [0.15, 0.2) is 29.2 Å². The van der Waals surface area contributed by atoms with Gasteiger partial charge in [0.15, 0.2) is 9.84 Å². The van der Waals surface area contributed by atoms with Gasteiger partial charge in [0.1, 0.15) is 5.75 Å². The van der Waals surface area contributed by atoms with Crippen LogP contribution in [-0.2, 0) is 14.6 Å². The molecular weight excluding hydrogens is 204 g/mol. The molecule has 1 aromatic carbocycles. The summed E-state index contributed by atoms with van der Waals surface area (Å²) in [7, 11) is -3.25. The van der Waals surface area contributed by atoms with Crippen LogP contribution in [-0.4, -0.2) is 20.6 Å². The summed E-state index contributed by atoms with van der Waals surface area (Å²) >= 11 is 0.